The first-order valence-electron chi connectivity index (χ1n) is 6.71. The molecule has 0 radical (unpaired) electrons. The maximum atomic E-state index is 11.9. The quantitative estimate of drug-likeness (QED) is 0.793. The van der Waals surface area contributed by atoms with Crippen LogP contribution >= 0.6 is 0 Å². The molecule has 104 valence electrons. The second-order valence-corrected chi connectivity index (χ2v) is 5.06. The Morgan fingerprint density at radius 2 is 2.10 bits per heavy atom. The van der Waals surface area contributed by atoms with Gasteiger partial charge in [0.15, 0.2) is 0 Å². The van der Waals surface area contributed by atoms with Crippen molar-refractivity contribution < 1.29 is 9.90 Å². The molecule has 0 saturated heterocycles. The number of H-pyrrole nitrogens is 1. The van der Waals surface area contributed by atoms with E-state index < -0.39 is 0 Å². The third-order valence-electron chi connectivity index (χ3n) is 3.55. The Kier molecular flexibility index (Phi) is 3.37. The van der Waals surface area contributed by atoms with Crippen molar-refractivity contribution in [3.63, 3.8) is 0 Å². The Labute approximate surface area is 116 Å². The molecule has 1 saturated carbocycles. The van der Waals surface area contributed by atoms with Crippen LogP contribution in [0.25, 0.3) is 0 Å². The summed E-state index contributed by atoms with van der Waals surface area (Å²) in [5, 5.41) is 18.7. The molecule has 0 unspecified atom stereocenters. The SMILES string of the molecule is O=C(Cc1ccc(O)cc1)Nc1n[nH]c(C2CCC2)n1. The highest BCUT2D eigenvalue weighted by Crippen LogP contribution is 2.34. The lowest BCUT2D eigenvalue weighted by molar-refractivity contribution is -0.115. The topological polar surface area (TPSA) is 90.9 Å². The number of phenols is 1. The fraction of sp³-hybridized carbons (Fsp3) is 0.357. The van der Waals surface area contributed by atoms with Crippen molar-refractivity contribution in [2.45, 2.75) is 31.6 Å². The zero-order valence-corrected chi connectivity index (χ0v) is 11.0. The Morgan fingerprint density at radius 1 is 1.35 bits per heavy atom. The number of benzene rings is 1. The van der Waals surface area contributed by atoms with Gasteiger partial charge in [-0.05, 0) is 30.5 Å². The van der Waals surface area contributed by atoms with Gasteiger partial charge in [-0.1, -0.05) is 18.6 Å². The summed E-state index contributed by atoms with van der Waals surface area (Å²) in [5.41, 5.74) is 0.829. The van der Waals surface area contributed by atoms with Crippen LogP contribution in [0, 0.1) is 0 Å². The van der Waals surface area contributed by atoms with Crippen LogP contribution in [-0.4, -0.2) is 26.2 Å². The molecule has 1 aromatic carbocycles. The number of carbonyl (C=O) groups excluding carboxylic acids is 1. The van der Waals surface area contributed by atoms with E-state index in [-0.39, 0.29) is 18.1 Å². The van der Waals surface area contributed by atoms with Crippen LogP contribution in [-0.2, 0) is 11.2 Å². The molecule has 1 aliphatic carbocycles. The Balaban J connectivity index is 1.58. The number of hydrogen-bond acceptors (Lipinski definition) is 4. The van der Waals surface area contributed by atoms with E-state index in [1.54, 1.807) is 24.3 Å². The van der Waals surface area contributed by atoms with E-state index in [0.717, 1.165) is 24.2 Å². The summed E-state index contributed by atoms with van der Waals surface area (Å²) in [6.45, 7) is 0. The van der Waals surface area contributed by atoms with Crippen molar-refractivity contribution in [2.24, 2.45) is 0 Å². The van der Waals surface area contributed by atoms with Crippen molar-refractivity contribution in [1.82, 2.24) is 15.2 Å². The van der Waals surface area contributed by atoms with E-state index in [2.05, 4.69) is 20.5 Å². The average molecular weight is 272 g/mol. The number of amides is 1. The van der Waals surface area contributed by atoms with E-state index in [1.807, 2.05) is 0 Å². The largest absolute Gasteiger partial charge is 0.508 e. The van der Waals surface area contributed by atoms with Gasteiger partial charge < -0.3 is 5.11 Å². The van der Waals surface area contributed by atoms with Crippen LogP contribution in [0.15, 0.2) is 24.3 Å². The van der Waals surface area contributed by atoms with Crippen LogP contribution in [0.5, 0.6) is 5.75 Å². The van der Waals surface area contributed by atoms with Gasteiger partial charge in [0.05, 0.1) is 6.42 Å². The smallest absolute Gasteiger partial charge is 0.248 e. The molecule has 1 aliphatic rings. The highest BCUT2D eigenvalue weighted by molar-refractivity contribution is 5.90. The predicted octanol–water partition coefficient (Wildman–Crippen LogP) is 1.96. The highest BCUT2D eigenvalue weighted by atomic mass is 16.3. The molecule has 0 bridgehead atoms. The van der Waals surface area contributed by atoms with Crippen LogP contribution in [0.2, 0.25) is 0 Å². The van der Waals surface area contributed by atoms with Crippen molar-refractivity contribution >= 4 is 11.9 Å². The average Bonchev–Trinajstić information content (AvgIpc) is 2.78. The van der Waals surface area contributed by atoms with Gasteiger partial charge in [-0.3, -0.25) is 15.2 Å². The van der Waals surface area contributed by atoms with E-state index in [4.69, 9.17) is 0 Å². The molecule has 1 aromatic heterocycles. The van der Waals surface area contributed by atoms with Crippen LogP contribution < -0.4 is 5.32 Å². The molecule has 3 rings (SSSR count). The number of nitrogens with one attached hydrogen (secondary N) is 2. The zero-order valence-electron chi connectivity index (χ0n) is 11.0. The van der Waals surface area contributed by atoms with Gasteiger partial charge >= 0.3 is 0 Å². The fourth-order valence-electron chi connectivity index (χ4n) is 2.16. The van der Waals surface area contributed by atoms with Crippen molar-refractivity contribution in [2.75, 3.05) is 5.32 Å². The first-order valence-corrected chi connectivity index (χ1v) is 6.71. The molecule has 3 N–H and O–H groups in total. The molecule has 1 heterocycles. The minimum Gasteiger partial charge on any atom is -0.508 e. The molecule has 1 fully saturated rings. The lowest BCUT2D eigenvalue weighted by atomic mass is 9.85. The molecule has 2 aromatic rings. The zero-order chi connectivity index (χ0) is 13.9. The summed E-state index contributed by atoms with van der Waals surface area (Å²) in [6, 6.07) is 6.55. The summed E-state index contributed by atoms with van der Waals surface area (Å²) >= 11 is 0. The summed E-state index contributed by atoms with van der Waals surface area (Å²) in [6.07, 6.45) is 3.73. The monoisotopic (exact) mass is 272 g/mol. The maximum absolute atomic E-state index is 11.9. The predicted molar refractivity (Wildman–Crippen MR) is 73.4 cm³/mol. The number of aromatic amines is 1. The minimum absolute atomic E-state index is 0.171. The minimum atomic E-state index is -0.171. The van der Waals surface area contributed by atoms with Gasteiger partial charge in [0.2, 0.25) is 11.9 Å². The molecule has 6 heteroatoms. The van der Waals surface area contributed by atoms with Gasteiger partial charge in [0, 0.05) is 5.92 Å². The van der Waals surface area contributed by atoms with Crippen LogP contribution in [0.4, 0.5) is 5.95 Å². The summed E-state index contributed by atoms with van der Waals surface area (Å²) in [4.78, 5) is 16.2. The Hall–Kier alpha value is -2.37. The molecule has 0 aliphatic heterocycles. The number of rotatable bonds is 4. The van der Waals surface area contributed by atoms with E-state index in [0.29, 0.717) is 11.9 Å². The van der Waals surface area contributed by atoms with Crippen molar-refractivity contribution in [3.8, 4) is 5.75 Å². The van der Waals surface area contributed by atoms with Crippen molar-refractivity contribution in [3.05, 3.63) is 35.7 Å². The molecule has 1 amide bonds. The summed E-state index contributed by atoms with van der Waals surface area (Å²) in [7, 11) is 0. The van der Waals surface area contributed by atoms with Gasteiger partial charge in [0.1, 0.15) is 11.6 Å². The normalized spacial score (nSPS) is 14.8. The summed E-state index contributed by atoms with van der Waals surface area (Å²) < 4.78 is 0. The lowest BCUT2D eigenvalue weighted by Crippen LogP contribution is -2.15. The standard InChI is InChI=1S/C14H16N4O2/c19-11-6-4-9(5-7-11)8-12(20)15-14-16-13(17-18-14)10-2-1-3-10/h4-7,10,19H,1-3,8H2,(H2,15,16,17,18,20). The van der Waals surface area contributed by atoms with Crippen LogP contribution in [0.1, 0.15) is 36.6 Å². The summed E-state index contributed by atoms with van der Waals surface area (Å²) in [5.74, 6) is 1.67. The number of aromatic nitrogens is 3. The molecule has 20 heavy (non-hydrogen) atoms. The van der Waals surface area contributed by atoms with Gasteiger partial charge in [-0.2, -0.15) is 4.98 Å². The van der Waals surface area contributed by atoms with Gasteiger partial charge in [-0.25, -0.2) is 0 Å². The molecular weight excluding hydrogens is 256 g/mol. The highest BCUT2D eigenvalue weighted by Gasteiger charge is 2.23. The molecule has 0 spiro atoms. The third kappa shape index (κ3) is 2.79. The molecule has 6 nitrogen and oxygen atoms in total. The number of hydrogen-bond donors (Lipinski definition) is 3. The fourth-order valence-corrected chi connectivity index (χ4v) is 2.16. The number of anilines is 1. The third-order valence-corrected chi connectivity index (χ3v) is 3.55. The number of nitrogens with zero attached hydrogens (tertiary/aromatic N) is 2. The molecular formula is C14H16N4O2. The van der Waals surface area contributed by atoms with Gasteiger partial charge in [0.25, 0.3) is 0 Å². The first-order chi connectivity index (χ1) is 9.70. The second kappa shape index (κ2) is 5.32. The van der Waals surface area contributed by atoms with E-state index in [1.165, 1.54) is 6.42 Å². The van der Waals surface area contributed by atoms with E-state index >= 15 is 0 Å². The first kappa shape index (κ1) is 12.7. The lowest BCUT2D eigenvalue weighted by Gasteiger charge is -2.22. The van der Waals surface area contributed by atoms with Crippen molar-refractivity contribution in [1.29, 1.82) is 0 Å². The number of carbonyl (C=O) groups is 1. The number of aromatic hydroxyl groups is 1. The Morgan fingerprint density at radius 3 is 2.75 bits per heavy atom. The number of phenolic OH excluding ortho intramolecular Hbond substituents is 1. The maximum Gasteiger partial charge on any atom is 0.248 e. The van der Waals surface area contributed by atoms with E-state index in [9.17, 15) is 9.90 Å². The second-order valence-electron chi connectivity index (χ2n) is 5.06. The Bertz CT molecular complexity index is 602. The molecule has 0 atom stereocenters. The van der Waals surface area contributed by atoms with Gasteiger partial charge in [-0.15, -0.1) is 5.10 Å². The van der Waals surface area contributed by atoms with Crippen LogP contribution in [0.3, 0.4) is 0 Å².